The van der Waals surface area contributed by atoms with E-state index in [0.29, 0.717) is 0 Å². The van der Waals surface area contributed by atoms with Gasteiger partial charge in [0.15, 0.2) is 0 Å². The molecule has 1 heterocycles. The van der Waals surface area contributed by atoms with Crippen molar-refractivity contribution in [2.45, 2.75) is 12.2 Å². The minimum atomic E-state index is 0.718. The number of benzene rings is 1. The maximum Gasteiger partial charge on any atom is 0.144 e. The number of anilines is 1. The first-order chi connectivity index (χ1) is 10.3. The molecular formula is C15H21N3O2S. The molecule has 2 aromatic rings. The van der Waals surface area contributed by atoms with Gasteiger partial charge in [-0.05, 0) is 30.4 Å². The summed E-state index contributed by atoms with van der Waals surface area (Å²) in [6.45, 7) is 0.796. The zero-order valence-electron chi connectivity index (χ0n) is 12.4. The number of thioether (sulfide) groups is 1. The SMILES string of the molecule is COCCCSCc1cc2ccc(OC)cc2nc1NN. The topological polar surface area (TPSA) is 69.4 Å². The molecule has 3 N–H and O–H groups in total. The Morgan fingerprint density at radius 3 is 2.86 bits per heavy atom. The van der Waals surface area contributed by atoms with E-state index in [1.54, 1.807) is 14.2 Å². The van der Waals surface area contributed by atoms with Gasteiger partial charge in [0.05, 0.1) is 12.6 Å². The summed E-state index contributed by atoms with van der Waals surface area (Å²) in [4.78, 5) is 4.56. The van der Waals surface area contributed by atoms with Crippen LogP contribution in [0.5, 0.6) is 5.75 Å². The number of pyridine rings is 1. The van der Waals surface area contributed by atoms with Crippen molar-refractivity contribution in [3.63, 3.8) is 0 Å². The van der Waals surface area contributed by atoms with E-state index in [1.807, 2.05) is 30.0 Å². The number of fused-ring (bicyclic) bond motifs is 1. The normalized spacial score (nSPS) is 10.8. The summed E-state index contributed by atoms with van der Waals surface area (Å²) >= 11 is 1.85. The fourth-order valence-electron chi connectivity index (χ4n) is 2.04. The molecular weight excluding hydrogens is 286 g/mol. The van der Waals surface area contributed by atoms with E-state index in [0.717, 1.165) is 52.6 Å². The van der Waals surface area contributed by atoms with Crippen LogP contribution in [0.3, 0.4) is 0 Å². The van der Waals surface area contributed by atoms with Crippen molar-refractivity contribution < 1.29 is 9.47 Å². The first kappa shape index (κ1) is 15.9. The lowest BCUT2D eigenvalue weighted by molar-refractivity contribution is 0.200. The van der Waals surface area contributed by atoms with Crippen LogP contribution in [0.15, 0.2) is 24.3 Å². The van der Waals surface area contributed by atoms with Gasteiger partial charge < -0.3 is 14.9 Å². The van der Waals surface area contributed by atoms with Crippen LogP contribution in [0.1, 0.15) is 12.0 Å². The van der Waals surface area contributed by atoms with Crippen molar-refractivity contribution in [3.8, 4) is 5.75 Å². The molecule has 6 heteroatoms. The highest BCUT2D eigenvalue weighted by Gasteiger charge is 2.07. The fraction of sp³-hybridized carbons (Fsp3) is 0.400. The fourth-order valence-corrected chi connectivity index (χ4v) is 2.95. The zero-order chi connectivity index (χ0) is 15.1. The van der Waals surface area contributed by atoms with Gasteiger partial charge >= 0.3 is 0 Å². The number of rotatable bonds is 8. The summed E-state index contributed by atoms with van der Waals surface area (Å²) in [5.41, 5.74) is 4.67. The standard InChI is InChI=1S/C15H21N3O2S/c1-19-6-3-7-21-10-12-8-11-4-5-13(20-2)9-14(11)17-15(12)18-16/h4-5,8-9H,3,6-7,10,16H2,1-2H3,(H,17,18). The molecule has 0 saturated carbocycles. The molecule has 0 unspecified atom stereocenters. The van der Waals surface area contributed by atoms with E-state index in [-0.39, 0.29) is 0 Å². The summed E-state index contributed by atoms with van der Waals surface area (Å²) in [7, 11) is 3.37. The van der Waals surface area contributed by atoms with Crippen LogP contribution in [0.4, 0.5) is 5.82 Å². The smallest absolute Gasteiger partial charge is 0.144 e. The molecule has 0 bridgehead atoms. The summed E-state index contributed by atoms with van der Waals surface area (Å²) in [5.74, 6) is 9.03. The van der Waals surface area contributed by atoms with Crippen molar-refractivity contribution in [2.75, 3.05) is 32.0 Å². The summed E-state index contributed by atoms with van der Waals surface area (Å²) in [6.07, 6.45) is 1.05. The number of hydrogen-bond donors (Lipinski definition) is 2. The molecule has 0 saturated heterocycles. The highest BCUT2D eigenvalue weighted by Crippen LogP contribution is 2.26. The molecule has 0 aliphatic heterocycles. The molecule has 0 spiro atoms. The molecule has 0 fully saturated rings. The maximum absolute atomic E-state index is 5.59. The second-order valence-corrected chi connectivity index (χ2v) is 5.70. The Balaban J connectivity index is 2.14. The van der Waals surface area contributed by atoms with Crippen molar-refractivity contribution in [3.05, 3.63) is 29.8 Å². The van der Waals surface area contributed by atoms with E-state index < -0.39 is 0 Å². The predicted molar refractivity (Wildman–Crippen MR) is 88.8 cm³/mol. The van der Waals surface area contributed by atoms with Crippen molar-refractivity contribution in [2.24, 2.45) is 5.84 Å². The van der Waals surface area contributed by atoms with Crippen LogP contribution in [0.25, 0.3) is 10.9 Å². The van der Waals surface area contributed by atoms with Crippen LogP contribution >= 0.6 is 11.8 Å². The molecule has 0 aliphatic carbocycles. The van der Waals surface area contributed by atoms with Crippen molar-refractivity contribution in [1.82, 2.24) is 4.98 Å². The number of nitrogen functional groups attached to an aromatic ring is 1. The number of hydrazine groups is 1. The van der Waals surface area contributed by atoms with Crippen LogP contribution in [0.2, 0.25) is 0 Å². The molecule has 0 aliphatic rings. The molecule has 114 valence electrons. The lowest BCUT2D eigenvalue weighted by Gasteiger charge is -2.10. The van der Waals surface area contributed by atoms with Crippen LogP contribution in [-0.4, -0.2) is 31.6 Å². The third-order valence-electron chi connectivity index (χ3n) is 3.14. The highest BCUT2D eigenvalue weighted by molar-refractivity contribution is 7.98. The number of aromatic nitrogens is 1. The third kappa shape index (κ3) is 4.23. The van der Waals surface area contributed by atoms with E-state index in [4.69, 9.17) is 15.3 Å². The molecule has 5 nitrogen and oxygen atoms in total. The Hall–Kier alpha value is -1.50. The van der Waals surface area contributed by atoms with Crippen molar-refractivity contribution in [1.29, 1.82) is 0 Å². The molecule has 21 heavy (non-hydrogen) atoms. The number of nitrogens with two attached hydrogens (primary N) is 1. The van der Waals surface area contributed by atoms with Gasteiger partial charge in [0.1, 0.15) is 11.6 Å². The molecule has 1 aromatic heterocycles. The molecule has 0 radical (unpaired) electrons. The number of hydrogen-bond acceptors (Lipinski definition) is 6. The molecule has 1 aromatic carbocycles. The minimum Gasteiger partial charge on any atom is -0.497 e. The number of nitrogens with one attached hydrogen (secondary N) is 1. The molecule has 0 amide bonds. The van der Waals surface area contributed by atoms with Gasteiger partial charge in [0.2, 0.25) is 0 Å². The Labute approximate surface area is 129 Å². The zero-order valence-corrected chi connectivity index (χ0v) is 13.2. The van der Waals surface area contributed by atoms with Crippen LogP contribution in [0, 0.1) is 0 Å². The summed E-state index contributed by atoms with van der Waals surface area (Å²) < 4.78 is 10.3. The first-order valence-electron chi connectivity index (χ1n) is 6.79. The van der Waals surface area contributed by atoms with Crippen molar-refractivity contribution >= 4 is 28.5 Å². The Kier molecular flexibility index (Phi) is 6.10. The van der Waals surface area contributed by atoms with Gasteiger partial charge in [0, 0.05) is 36.5 Å². The lowest BCUT2D eigenvalue weighted by atomic mass is 10.1. The first-order valence-corrected chi connectivity index (χ1v) is 7.95. The average Bonchev–Trinajstić information content (AvgIpc) is 2.53. The van der Waals surface area contributed by atoms with Crippen LogP contribution in [-0.2, 0) is 10.5 Å². The average molecular weight is 307 g/mol. The summed E-state index contributed by atoms with van der Waals surface area (Å²) in [5, 5.41) is 1.09. The Morgan fingerprint density at radius 1 is 1.29 bits per heavy atom. The quantitative estimate of drug-likeness (QED) is 0.444. The van der Waals surface area contributed by atoms with E-state index in [1.165, 1.54) is 0 Å². The second kappa shape index (κ2) is 8.07. The van der Waals surface area contributed by atoms with Gasteiger partial charge in [-0.15, -0.1) is 0 Å². The number of nitrogens with zero attached hydrogens (tertiary/aromatic N) is 1. The van der Waals surface area contributed by atoms with E-state index in [2.05, 4.69) is 16.5 Å². The van der Waals surface area contributed by atoms with Gasteiger partial charge in [0.25, 0.3) is 0 Å². The van der Waals surface area contributed by atoms with Gasteiger partial charge in [-0.1, -0.05) is 0 Å². The van der Waals surface area contributed by atoms with Crippen LogP contribution < -0.4 is 16.0 Å². The molecule has 2 rings (SSSR count). The predicted octanol–water partition coefficient (Wildman–Crippen LogP) is 2.80. The largest absolute Gasteiger partial charge is 0.497 e. The van der Waals surface area contributed by atoms with Gasteiger partial charge in [-0.25, -0.2) is 10.8 Å². The van der Waals surface area contributed by atoms with Gasteiger partial charge in [-0.3, -0.25) is 0 Å². The maximum atomic E-state index is 5.59. The van der Waals surface area contributed by atoms with E-state index in [9.17, 15) is 0 Å². The highest BCUT2D eigenvalue weighted by atomic mass is 32.2. The number of ether oxygens (including phenoxy) is 2. The number of methoxy groups -OCH3 is 2. The second-order valence-electron chi connectivity index (χ2n) is 4.60. The van der Waals surface area contributed by atoms with E-state index >= 15 is 0 Å². The lowest BCUT2D eigenvalue weighted by Crippen LogP contribution is -2.11. The van der Waals surface area contributed by atoms with Gasteiger partial charge in [-0.2, -0.15) is 11.8 Å². The minimum absolute atomic E-state index is 0.718. The Morgan fingerprint density at radius 2 is 2.14 bits per heavy atom. The monoisotopic (exact) mass is 307 g/mol. The molecule has 0 atom stereocenters. The third-order valence-corrected chi connectivity index (χ3v) is 4.23. The Bertz CT molecular complexity index is 592. The summed E-state index contributed by atoms with van der Waals surface area (Å²) in [6, 6.07) is 7.99.